The molecule has 3 nitrogen and oxygen atoms in total. The van der Waals surface area contributed by atoms with Gasteiger partial charge in [-0.05, 0) is 13.8 Å². The van der Waals surface area contributed by atoms with E-state index in [0.29, 0.717) is 6.04 Å². The number of rotatable bonds is 4. The molecule has 0 atom stereocenters. The van der Waals surface area contributed by atoms with E-state index in [4.69, 9.17) is 9.47 Å². The second kappa shape index (κ2) is 4.73. The van der Waals surface area contributed by atoms with Crippen molar-refractivity contribution in [1.82, 2.24) is 5.32 Å². The number of hydrogen-bond donors (Lipinski definition) is 1. The van der Waals surface area contributed by atoms with Crippen LogP contribution >= 0.6 is 0 Å². The van der Waals surface area contributed by atoms with Crippen molar-refractivity contribution in [3.8, 4) is 0 Å². The lowest BCUT2D eigenvalue weighted by Gasteiger charge is -2.17. The normalized spacial score (nSPS) is 11.3. The molecule has 56 valence electrons. The zero-order valence-electron chi connectivity index (χ0n) is 6.47. The Balaban J connectivity index is 3.31. The van der Waals surface area contributed by atoms with E-state index in [-0.39, 0.29) is 6.41 Å². The third-order valence-corrected chi connectivity index (χ3v) is 0.898. The lowest BCUT2D eigenvalue weighted by molar-refractivity contribution is -0.127. The van der Waals surface area contributed by atoms with Crippen molar-refractivity contribution in [2.24, 2.45) is 0 Å². The standard InChI is InChI=1S/C6H15NO2/c1-5(2)7-6(8-3)9-4/h5-7H,1-4H3. The van der Waals surface area contributed by atoms with Crippen LogP contribution in [0, 0.1) is 0 Å². The Labute approximate surface area is 56.3 Å². The Morgan fingerprint density at radius 3 is 1.67 bits per heavy atom. The van der Waals surface area contributed by atoms with Gasteiger partial charge in [0.15, 0.2) is 0 Å². The highest BCUT2D eigenvalue weighted by atomic mass is 16.7. The number of nitrogens with one attached hydrogen (secondary N) is 1. The van der Waals surface area contributed by atoms with E-state index in [1.54, 1.807) is 14.2 Å². The van der Waals surface area contributed by atoms with Gasteiger partial charge < -0.3 is 9.47 Å². The molecule has 3 heteroatoms. The molecule has 0 aliphatic rings. The highest BCUT2D eigenvalue weighted by Crippen LogP contribution is 1.87. The van der Waals surface area contributed by atoms with Crippen LogP contribution in [-0.2, 0) is 9.47 Å². The molecule has 0 spiro atoms. The summed E-state index contributed by atoms with van der Waals surface area (Å²) in [6.45, 7) is 4.07. The predicted octanol–water partition coefficient (Wildman–Crippen LogP) is 0.561. The third-order valence-electron chi connectivity index (χ3n) is 0.898. The molecule has 1 N–H and O–H groups in total. The molecule has 0 aromatic rings. The van der Waals surface area contributed by atoms with Gasteiger partial charge in [0.25, 0.3) is 0 Å². The zero-order valence-corrected chi connectivity index (χ0v) is 6.47. The average molecular weight is 133 g/mol. The molecule has 0 aromatic heterocycles. The Morgan fingerprint density at radius 1 is 1.11 bits per heavy atom. The molecule has 9 heavy (non-hydrogen) atoms. The van der Waals surface area contributed by atoms with Crippen LogP contribution in [0.1, 0.15) is 13.8 Å². The summed E-state index contributed by atoms with van der Waals surface area (Å²) < 4.78 is 9.75. The van der Waals surface area contributed by atoms with Crippen molar-refractivity contribution < 1.29 is 9.47 Å². The summed E-state index contributed by atoms with van der Waals surface area (Å²) in [7, 11) is 3.20. The van der Waals surface area contributed by atoms with Gasteiger partial charge in [-0.25, -0.2) is 0 Å². The first-order valence-electron chi connectivity index (χ1n) is 3.02. The van der Waals surface area contributed by atoms with E-state index in [1.165, 1.54) is 0 Å². The quantitative estimate of drug-likeness (QED) is 0.568. The molecule has 0 fully saturated rings. The predicted molar refractivity (Wildman–Crippen MR) is 36.1 cm³/mol. The van der Waals surface area contributed by atoms with E-state index < -0.39 is 0 Å². The van der Waals surface area contributed by atoms with Crippen molar-refractivity contribution in [2.45, 2.75) is 26.3 Å². The zero-order chi connectivity index (χ0) is 7.28. The smallest absolute Gasteiger partial charge is 0.215 e. The third kappa shape index (κ3) is 4.39. The fraction of sp³-hybridized carbons (Fsp3) is 1.00. The molecule has 0 rings (SSSR count). The molecule has 0 aromatic carbocycles. The maximum absolute atomic E-state index is 4.88. The van der Waals surface area contributed by atoms with Gasteiger partial charge in [0, 0.05) is 20.3 Å². The van der Waals surface area contributed by atoms with Crippen molar-refractivity contribution >= 4 is 0 Å². The first-order valence-corrected chi connectivity index (χ1v) is 3.02. The van der Waals surface area contributed by atoms with Gasteiger partial charge in [-0.2, -0.15) is 0 Å². The Kier molecular flexibility index (Phi) is 4.67. The van der Waals surface area contributed by atoms with Crippen LogP contribution in [0.2, 0.25) is 0 Å². The summed E-state index contributed by atoms with van der Waals surface area (Å²) in [5.74, 6) is 0. The van der Waals surface area contributed by atoms with Crippen LogP contribution in [-0.4, -0.2) is 26.7 Å². The molecule has 0 heterocycles. The fourth-order valence-electron chi connectivity index (χ4n) is 0.504. The second-order valence-corrected chi connectivity index (χ2v) is 2.12. The molecular formula is C6H15NO2. The Bertz CT molecular complexity index is 62.1. The maximum atomic E-state index is 4.88. The summed E-state index contributed by atoms with van der Waals surface area (Å²) >= 11 is 0. The van der Waals surface area contributed by atoms with Crippen molar-refractivity contribution in [3.05, 3.63) is 0 Å². The van der Waals surface area contributed by atoms with Crippen LogP contribution in [0.25, 0.3) is 0 Å². The SMILES string of the molecule is COC(NC(C)C)OC. The molecule has 0 unspecified atom stereocenters. The van der Waals surface area contributed by atoms with Crippen LogP contribution in [0.15, 0.2) is 0 Å². The minimum Gasteiger partial charge on any atom is -0.343 e. The monoisotopic (exact) mass is 133 g/mol. The molecule has 0 aliphatic heterocycles. The van der Waals surface area contributed by atoms with Gasteiger partial charge in [0.1, 0.15) is 0 Å². The summed E-state index contributed by atoms with van der Waals surface area (Å²) in [5.41, 5.74) is 0. The van der Waals surface area contributed by atoms with Gasteiger partial charge in [-0.3, -0.25) is 5.32 Å². The molecule has 0 aliphatic carbocycles. The van der Waals surface area contributed by atoms with Crippen LogP contribution < -0.4 is 5.32 Å². The van der Waals surface area contributed by atoms with Gasteiger partial charge in [-0.1, -0.05) is 0 Å². The molecule has 0 saturated heterocycles. The first-order chi connectivity index (χ1) is 4.20. The first kappa shape index (κ1) is 8.88. The maximum Gasteiger partial charge on any atom is 0.215 e. The second-order valence-electron chi connectivity index (χ2n) is 2.12. The van der Waals surface area contributed by atoms with Gasteiger partial charge >= 0.3 is 0 Å². The lowest BCUT2D eigenvalue weighted by atomic mass is 10.4. The fourth-order valence-corrected chi connectivity index (χ4v) is 0.504. The highest BCUT2D eigenvalue weighted by Gasteiger charge is 2.03. The van der Waals surface area contributed by atoms with Gasteiger partial charge in [0.2, 0.25) is 6.41 Å². The number of hydrogen-bond acceptors (Lipinski definition) is 3. The van der Waals surface area contributed by atoms with Crippen molar-refractivity contribution in [1.29, 1.82) is 0 Å². The Hall–Kier alpha value is -0.120. The summed E-state index contributed by atoms with van der Waals surface area (Å²) in [6, 6.07) is 0.384. The van der Waals surface area contributed by atoms with E-state index in [0.717, 1.165) is 0 Å². The number of ether oxygens (including phenoxy) is 2. The van der Waals surface area contributed by atoms with Gasteiger partial charge in [0.05, 0.1) is 0 Å². The average Bonchev–Trinajstić information content (AvgIpc) is 1.82. The van der Waals surface area contributed by atoms with E-state index >= 15 is 0 Å². The topological polar surface area (TPSA) is 30.5 Å². The number of methoxy groups -OCH3 is 2. The van der Waals surface area contributed by atoms with Gasteiger partial charge in [-0.15, -0.1) is 0 Å². The van der Waals surface area contributed by atoms with E-state index in [2.05, 4.69) is 5.32 Å². The van der Waals surface area contributed by atoms with Crippen molar-refractivity contribution in [3.63, 3.8) is 0 Å². The lowest BCUT2D eigenvalue weighted by Crippen LogP contribution is -2.37. The van der Waals surface area contributed by atoms with Crippen LogP contribution in [0.4, 0.5) is 0 Å². The summed E-state index contributed by atoms with van der Waals surface area (Å²) in [6.07, 6.45) is -0.273. The van der Waals surface area contributed by atoms with Crippen LogP contribution in [0.5, 0.6) is 0 Å². The minimum absolute atomic E-state index is 0.273. The molecule has 0 bridgehead atoms. The largest absolute Gasteiger partial charge is 0.343 e. The van der Waals surface area contributed by atoms with Crippen LogP contribution in [0.3, 0.4) is 0 Å². The Morgan fingerprint density at radius 2 is 1.56 bits per heavy atom. The molecular weight excluding hydrogens is 118 g/mol. The summed E-state index contributed by atoms with van der Waals surface area (Å²) in [5, 5.41) is 3.03. The minimum atomic E-state index is -0.273. The molecule has 0 radical (unpaired) electrons. The molecule has 0 saturated carbocycles. The van der Waals surface area contributed by atoms with E-state index in [9.17, 15) is 0 Å². The van der Waals surface area contributed by atoms with E-state index in [1.807, 2.05) is 13.8 Å². The summed E-state index contributed by atoms with van der Waals surface area (Å²) in [4.78, 5) is 0. The van der Waals surface area contributed by atoms with Crippen molar-refractivity contribution in [2.75, 3.05) is 14.2 Å². The highest BCUT2D eigenvalue weighted by molar-refractivity contribution is 4.49. The molecule has 0 amide bonds.